The lowest BCUT2D eigenvalue weighted by atomic mass is 10.4. The second-order valence-corrected chi connectivity index (χ2v) is 8.29. The van der Waals surface area contributed by atoms with Crippen LogP contribution in [0.2, 0.25) is 0 Å². The number of phosphoric ester groups is 1. The van der Waals surface area contributed by atoms with Crippen molar-refractivity contribution in [3.8, 4) is 0 Å². The van der Waals surface area contributed by atoms with E-state index in [9.17, 15) is 14.0 Å². The Morgan fingerprint density at radius 2 is 1.92 bits per heavy atom. The molecule has 2 rings (SSSR count). The van der Waals surface area contributed by atoms with Crippen LogP contribution >= 0.6 is 15.4 Å². The molecular formula is C11H21N5O8P2. The van der Waals surface area contributed by atoms with Crippen LogP contribution < -0.4 is 5.73 Å². The number of anilines is 1. The molecule has 0 aliphatic rings. The fourth-order valence-corrected chi connectivity index (χ4v) is 3.99. The minimum atomic E-state index is -4.59. The van der Waals surface area contributed by atoms with Crippen molar-refractivity contribution >= 4 is 32.4 Å². The Labute approximate surface area is 148 Å². The van der Waals surface area contributed by atoms with E-state index in [1.807, 2.05) is 0 Å². The molecule has 0 aliphatic heterocycles. The van der Waals surface area contributed by atoms with Gasteiger partial charge in [0.1, 0.15) is 18.2 Å². The molecule has 5 N–H and O–H groups in total. The fraction of sp³-hybridized carbons (Fsp3) is 0.545. The van der Waals surface area contributed by atoms with E-state index >= 15 is 0 Å². The molecule has 15 heteroatoms. The van der Waals surface area contributed by atoms with Crippen LogP contribution in [0, 0.1) is 0 Å². The summed E-state index contributed by atoms with van der Waals surface area (Å²) in [5.74, 6) is 0.235. The molecule has 0 aromatic carbocycles. The second kappa shape index (κ2) is 9.49. The molecular weight excluding hydrogens is 392 g/mol. The van der Waals surface area contributed by atoms with Gasteiger partial charge in [0.2, 0.25) is 0 Å². The van der Waals surface area contributed by atoms with Crippen LogP contribution in [-0.4, -0.2) is 61.1 Å². The minimum absolute atomic E-state index is 0.235. The van der Waals surface area contributed by atoms with Crippen molar-refractivity contribution in [1.82, 2.24) is 19.5 Å². The van der Waals surface area contributed by atoms with E-state index in [4.69, 9.17) is 20.5 Å². The summed E-state index contributed by atoms with van der Waals surface area (Å²) in [6.07, 6.45) is 1.44. The van der Waals surface area contributed by atoms with Gasteiger partial charge in [-0.3, -0.25) is 9.09 Å². The lowest BCUT2D eigenvalue weighted by Gasteiger charge is -2.18. The van der Waals surface area contributed by atoms with Gasteiger partial charge in [0, 0.05) is 14.2 Å². The topological polar surface area (TPSA) is 192 Å². The maximum atomic E-state index is 11.7. The molecule has 0 aliphatic carbocycles. The van der Waals surface area contributed by atoms with Gasteiger partial charge >= 0.3 is 15.4 Å². The third-order valence-corrected chi connectivity index (χ3v) is 5.65. The predicted octanol–water partition coefficient (Wildman–Crippen LogP) is 0.328. The summed E-state index contributed by atoms with van der Waals surface area (Å²) in [5.41, 5.74) is 6.60. The zero-order valence-corrected chi connectivity index (χ0v) is 16.1. The number of aliphatic hydroxyl groups is 1. The number of nitrogens with zero attached hydrogens (tertiary/aromatic N) is 4. The summed E-state index contributed by atoms with van der Waals surface area (Å²) in [4.78, 5) is 30.5. The maximum Gasteiger partial charge on any atom is 0.479 e. The Balaban J connectivity index is 0.00000163. The van der Waals surface area contributed by atoms with E-state index in [2.05, 4.69) is 23.8 Å². The Hall–Kier alpha value is -1.43. The molecule has 2 unspecified atom stereocenters. The van der Waals surface area contributed by atoms with Crippen molar-refractivity contribution in [1.29, 1.82) is 0 Å². The van der Waals surface area contributed by atoms with Gasteiger partial charge < -0.3 is 29.9 Å². The third-order valence-electron chi connectivity index (χ3n) is 2.87. The van der Waals surface area contributed by atoms with Crippen LogP contribution in [0.3, 0.4) is 0 Å². The van der Waals surface area contributed by atoms with Crippen molar-refractivity contribution in [2.24, 2.45) is 0 Å². The fourth-order valence-electron chi connectivity index (χ4n) is 1.80. The summed E-state index contributed by atoms with van der Waals surface area (Å²) < 4.78 is 37.9. The van der Waals surface area contributed by atoms with Gasteiger partial charge in [-0.2, -0.15) is 0 Å². The first kappa shape index (κ1) is 22.6. The Morgan fingerprint density at radius 3 is 2.54 bits per heavy atom. The molecule has 0 amide bonds. The first-order valence-electron chi connectivity index (χ1n) is 7.03. The predicted molar refractivity (Wildman–Crippen MR) is 91.0 cm³/mol. The quantitative estimate of drug-likeness (QED) is 0.434. The number of fused-ring (bicyclic) bond motifs is 1. The number of hydrogen-bond donors (Lipinski definition) is 4. The Bertz CT molecular complexity index is 815. The monoisotopic (exact) mass is 413 g/mol. The van der Waals surface area contributed by atoms with Crippen LogP contribution in [0.4, 0.5) is 5.82 Å². The number of aliphatic hydroxyl groups excluding tert-OH is 1. The van der Waals surface area contributed by atoms with E-state index in [0.29, 0.717) is 11.2 Å². The number of aromatic nitrogens is 4. The molecule has 0 saturated carbocycles. The average Bonchev–Trinajstić information content (AvgIpc) is 2.99. The Morgan fingerprint density at radius 1 is 1.27 bits per heavy atom. The highest BCUT2D eigenvalue weighted by Gasteiger charge is 2.33. The van der Waals surface area contributed by atoms with Gasteiger partial charge in [0.15, 0.2) is 11.5 Å². The molecule has 3 atom stereocenters. The zero-order valence-electron chi connectivity index (χ0n) is 14.3. The van der Waals surface area contributed by atoms with E-state index < -0.39 is 27.9 Å². The molecule has 13 nitrogen and oxygen atoms in total. The summed E-state index contributed by atoms with van der Waals surface area (Å²) in [6, 6.07) is 0. The van der Waals surface area contributed by atoms with Crippen LogP contribution in [0.15, 0.2) is 12.7 Å². The van der Waals surface area contributed by atoms with Gasteiger partial charge in [-0.25, -0.2) is 23.8 Å². The largest absolute Gasteiger partial charge is 0.479 e. The molecule has 26 heavy (non-hydrogen) atoms. The number of nitrogens with two attached hydrogens (primary N) is 1. The smallest absolute Gasteiger partial charge is 0.400 e. The van der Waals surface area contributed by atoms with Crippen molar-refractivity contribution in [2.75, 3.05) is 26.3 Å². The molecule has 0 spiro atoms. The number of phosphoric acid groups is 1. The van der Waals surface area contributed by atoms with Gasteiger partial charge in [-0.15, -0.1) is 0 Å². The number of hydrogen-bond acceptors (Lipinski definition) is 10. The SMILES string of the molecule is CO.COP(=O)(O)OP(=O)(O)CO[C@H](C)Cn1cnc2c(N)ncnc21. The molecule has 2 heterocycles. The highest BCUT2D eigenvalue weighted by Crippen LogP contribution is 2.59. The van der Waals surface area contributed by atoms with Crippen LogP contribution in [0.25, 0.3) is 11.2 Å². The summed E-state index contributed by atoms with van der Waals surface area (Å²) in [5, 5.41) is 7.00. The maximum absolute atomic E-state index is 11.7. The van der Waals surface area contributed by atoms with Gasteiger partial charge in [-0.1, -0.05) is 0 Å². The number of ether oxygens (including phenoxy) is 1. The zero-order chi connectivity index (χ0) is 20.0. The van der Waals surface area contributed by atoms with Gasteiger partial charge in [0.05, 0.1) is 19.0 Å². The van der Waals surface area contributed by atoms with Crippen molar-refractivity contribution < 1.29 is 37.6 Å². The number of rotatable bonds is 8. The van der Waals surface area contributed by atoms with Gasteiger partial charge in [-0.05, 0) is 6.92 Å². The van der Waals surface area contributed by atoms with Crippen LogP contribution in [0.5, 0.6) is 0 Å². The van der Waals surface area contributed by atoms with E-state index in [1.54, 1.807) is 11.5 Å². The normalized spacial score (nSPS) is 17.0. The summed E-state index contributed by atoms with van der Waals surface area (Å²) in [6.45, 7) is 1.87. The van der Waals surface area contributed by atoms with E-state index in [0.717, 1.165) is 14.2 Å². The Kier molecular flexibility index (Phi) is 8.25. The highest BCUT2D eigenvalue weighted by atomic mass is 31.3. The molecule has 148 valence electrons. The summed E-state index contributed by atoms with van der Waals surface area (Å²) >= 11 is 0. The summed E-state index contributed by atoms with van der Waals surface area (Å²) in [7, 11) is -7.17. The lowest BCUT2D eigenvalue weighted by Crippen LogP contribution is -2.17. The average molecular weight is 413 g/mol. The molecule has 0 fully saturated rings. The molecule has 0 bridgehead atoms. The molecule has 0 radical (unpaired) electrons. The van der Waals surface area contributed by atoms with Crippen LogP contribution in [0.1, 0.15) is 6.92 Å². The van der Waals surface area contributed by atoms with Gasteiger partial charge in [0.25, 0.3) is 0 Å². The molecule has 2 aromatic rings. The van der Waals surface area contributed by atoms with Crippen molar-refractivity contribution in [3.05, 3.63) is 12.7 Å². The molecule has 0 saturated heterocycles. The van der Waals surface area contributed by atoms with E-state index in [-0.39, 0.29) is 12.4 Å². The second-order valence-electron chi connectivity index (χ2n) is 4.80. The van der Waals surface area contributed by atoms with Crippen molar-refractivity contribution in [2.45, 2.75) is 19.6 Å². The lowest BCUT2D eigenvalue weighted by molar-refractivity contribution is 0.0754. The molecule has 2 aromatic heterocycles. The minimum Gasteiger partial charge on any atom is -0.400 e. The van der Waals surface area contributed by atoms with Crippen LogP contribution in [-0.2, 0) is 29.2 Å². The number of nitrogen functional groups attached to an aromatic ring is 1. The number of imidazole rings is 1. The van der Waals surface area contributed by atoms with Crippen molar-refractivity contribution in [3.63, 3.8) is 0 Å². The highest BCUT2D eigenvalue weighted by molar-refractivity contribution is 7.63. The van der Waals surface area contributed by atoms with E-state index in [1.165, 1.54) is 12.7 Å². The first-order valence-corrected chi connectivity index (χ1v) is 10.3. The first-order chi connectivity index (χ1) is 12.1. The standard InChI is InChI=1S/C10H17N5O7P2.CH4O/c1-7(21-6-23(16,17)22-24(18,19)20-2)3-15-5-14-8-9(11)12-4-13-10(8)15;1-2/h4-5,7H,3,6H2,1-2H3,(H,16,17)(H,18,19)(H2,11,12,13);2H,1H3/t7-;/m1./s1. The third kappa shape index (κ3) is 6.38.